The molecule has 2 nitrogen and oxygen atoms in total. The van der Waals surface area contributed by atoms with Gasteiger partial charge in [-0.25, -0.2) is 0 Å². The molecule has 0 amide bonds. The highest BCUT2D eigenvalue weighted by Crippen LogP contribution is 2.65. The molecule has 3 saturated carbocycles. The molecule has 0 saturated heterocycles. The van der Waals surface area contributed by atoms with E-state index in [1.165, 1.54) is 37.7 Å². The summed E-state index contributed by atoms with van der Waals surface area (Å²) in [6, 6.07) is 0. The van der Waals surface area contributed by atoms with Crippen molar-refractivity contribution in [3.63, 3.8) is 0 Å². The first-order valence-electron chi connectivity index (χ1n) is 12.4. The summed E-state index contributed by atoms with van der Waals surface area (Å²) in [5.41, 5.74) is 4.07. The van der Waals surface area contributed by atoms with Crippen molar-refractivity contribution < 1.29 is 10.6 Å². The molecular weight excluding hydrogens is 368 g/mol. The molecule has 170 valence electrons. The van der Waals surface area contributed by atoms with Crippen LogP contribution in [-0.4, -0.2) is 16.7 Å². The normalized spacial score (nSPS) is 42.5. The van der Waals surface area contributed by atoms with Crippen LogP contribution in [-0.2, 0) is 0 Å². The molecule has 0 heterocycles. The van der Waals surface area contributed by atoms with Crippen molar-refractivity contribution in [2.24, 2.45) is 46.3 Å². The number of aliphatic hydroxyl groups is 1. The Morgan fingerprint density at radius 2 is 1.67 bits per heavy atom. The van der Waals surface area contributed by atoms with E-state index in [1.54, 1.807) is 5.57 Å². The standard InChI is InChI=1S/C28H44O.H2O/c1-18(2)19(3)7-8-20(4)24-11-12-25-23-10-9-21-17-22(29)13-15-27(21,5)26(23)14-16-28(24,25)6;/h7-10,18-20,22,24-26,29H,11-17H2,1-6H3;1H2/b8-7+;/t19-,20+,22-,24+,25-,26-,27-,28+;/m0./s1. The van der Waals surface area contributed by atoms with Crippen LogP contribution in [0.15, 0.2) is 35.5 Å². The Labute approximate surface area is 185 Å². The highest BCUT2D eigenvalue weighted by atomic mass is 16.3. The van der Waals surface area contributed by atoms with Crippen molar-refractivity contribution in [3.8, 4) is 0 Å². The maximum absolute atomic E-state index is 10.2. The molecule has 3 N–H and O–H groups in total. The summed E-state index contributed by atoms with van der Waals surface area (Å²) in [6.45, 7) is 14.6. The van der Waals surface area contributed by atoms with E-state index in [9.17, 15) is 5.11 Å². The molecule has 0 aliphatic heterocycles. The van der Waals surface area contributed by atoms with Crippen LogP contribution >= 0.6 is 0 Å². The molecule has 4 aliphatic rings. The molecule has 30 heavy (non-hydrogen) atoms. The van der Waals surface area contributed by atoms with Gasteiger partial charge in [-0.3, -0.25) is 0 Å². The van der Waals surface area contributed by atoms with Crippen molar-refractivity contribution in [2.45, 2.75) is 92.6 Å². The number of allylic oxidation sites excluding steroid dienone is 5. The fourth-order valence-corrected chi connectivity index (χ4v) is 7.59. The molecular formula is C28H46O2. The average Bonchev–Trinajstić information content (AvgIpc) is 3.03. The Morgan fingerprint density at radius 3 is 2.37 bits per heavy atom. The first-order valence-corrected chi connectivity index (χ1v) is 12.4. The summed E-state index contributed by atoms with van der Waals surface area (Å²) >= 11 is 0. The molecule has 0 spiro atoms. The van der Waals surface area contributed by atoms with E-state index in [4.69, 9.17) is 0 Å². The van der Waals surface area contributed by atoms with Gasteiger partial charge in [-0.15, -0.1) is 0 Å². The van der Waals surface area contributed by atoms with Crippen LogP contribution in [0.25, 0.3) is 0 Å². The third-order valence-corrected chi connectivity index (χ3v) is 10.0. The molecule has 0 aromatic rings. The molecule has 4 aliphatic carbocycles. The third-order valence-electron chi connectivity index (χ3n) is 10.0. The summed E-state index contributed by atoms with van der Waals surface area (Å²) in [4.78, 5) is 0. The molecule has 0 bridgehead atoms. The van der Waals surface area contributed by atoms with E-state index in [2.05, 4.69) is 65.8 Å². The van der Waals surface area contributed by atoms with Gasteiger partial charge in [0, 0.05) is 0 Å². The quantitative estimate of drug-likeness (QED) is 0.524. The summed E-state index contributed by atoms with van der Waals surface area (Å²) in [5, 5.41) is 10.2. The Kier molecular flexibility index (Phi) is 6.81. The smallest absolute Gasteiger partial charge is 0.0578 e. The zero-order valence-corrected chi connectivity index (χ0v) is 20.2. The number of aliphatic hydroxyl groups excluding tert-OH is 1. The Hall–Kier alpha value is -0.860. The third kappa shape index (κ3) is 3.77. The molecule has 0 aromatic carbocycles. The molecule has 4 rings (SSSR count). The zero-order chi connectivity index (χ0) is 21.0. The van der Waals surface area contributed by atoms with Gasteiger partial charge in [0.2, 0.25) is 0 Å². The second-order valence-corrected chi connectivity index (χ2v) is 11.9. The van der Waals surface area contributed by atoms with Crippen molar-refractivity contribution in [2.75, 3.05) is 0 Å². The van der Waals surface area contributed by atoms with Gasteiger partial charge in [0.05, 0.1) is 6.10 Å². The van der Waals surface area contributed by atoms with Crippen molar-refractivity contribution in [3.05, 3.63) is 35.5 Å². The maximum Gasteiger partial charge on any atom is 0.0578 e. The van der Waals surface area contributed by atoms with E-state index in [-0.39, 0.29) is 11.6 Å². The number of rotatable bonds is 4. The first kappa shape index (κ1) is 23.8. The van der Waals surface area contributed by atoms with Gasteiger partial charge in [-0.1, -0.05) is 77.0 Å². The summed E-state index contributed by atoms with van der Waals surface area (Å²) < 4.78 is 0. The van der Waals surface area contributed by atoms with Crippen LogP contribution in [0.1, 0.15) is 86.5 Å². The van der Waals surface area contributed by atoms with E-state index in [0.29, 0.717) is 22.7 Å². The zero-order valence-electron chi connectivity index (χ0n) is 20.2. The number of hydrogen-bond donors (Lipinski definition) is 1. The minimum absolute atomic E-state index is 0. The minimum atomic E-state index is -0.116. The van der Waals surface area contributed by atoms with Gasteiger partial charge < -0.3 is 10.6 Å². The minimum Gasteiger partial charge on any atom is -0.412 e. The molecule has 0 aromatic heterocycles. The average molecular weight is 415 g/mol. The van der Waals surface area contributed by atoms with Gasteiger partial charge in [-0.05, 0) is 91.3 Å². The summed E-state index contributed by atoms with van der Waals surface area (Å²) in [6.07, 6.45) is 18.4. The Bertz CT molecular complexity index is 716. The highest BCUT2D eigenvalue weighted by molar-refractivity contribution is 5.39. The first-order chi connectivity index (χ1) is 13.7. The molecule has 2 heteroatoms. The Balaban J connectivity index is 0.00000256. The van der Waals surface area contributed by atoms with Gasteiger partial charge >= 0.3 is 0 Å². The van der Waals surface area contributed by atoms with E-state index in [1.807, 2.05) is 0 Å². The lowest BCUT2D eigenvalue weighted by atomic mass is 9.50. The molecule has 0 unspecified atom stereocenters. The monoisotopic (exact) mass is 414 g/mol. The lowest BCUT2D eigenvalue weighted by Crippen LogP contribution is -2.46. The molecule has 8 atom stereocenters. The van der Waals surface area contributed by atoms with Crippen LogP contribution < -0.4 is 0 Å². The van der Waals surface area contributed by atoms with Crippen molar-refractivity contribution >= 4 is 0 Å². The maximum atomic E-state index is 10.2. The van der Waals surface area contributed by atoms with Gasteiger partial charge in [0.25, 0.3) is 0 Å². The second-order valence-electron chi connectivity index (χ2n) is 11.9. The van der Waals surface area contributed by atoms with Gasteiger partial charge in [0.1, 0.15) is 0 Å². The number of fused-ring (bicyclic) bond motifs is 5. The summed E-state index contributed by atoms with van der Waals surface area (Å²) in [7, 11) is 0. The van der Waals surface area contributed by atoms with Crippen LogP contribution in [0.3, 0.4) is 0 Å². The van der Waals surface area contributed by atoms with Crippen LogP contribution in [0, 0.1) is 46.3 Å². The topological polar surface area (TPSA) is 51.7 Å². The Morgan fingerprint density at radius 1 is 0.933 bits per heavy atom. The van der Waals surface area contributed by atoms with Crippen LogP contribution in [0.5, 0.6) is 0 Å². The fraction of sp³-hybridized carbons (Fsp3) is 0.786. The SMILES string of the molecule is CC(C)[C@@H](C)/C=C/[C@@H](C)[C@H]1CC[C@H]2C3=CC=C4C[C@@H](O)CC[C@]4(C)[C@H]3CC[C@]12C.O. The molecule has 3 fully saturated rings. The van der Waals surface area contributed by atoms with Crippen LogP contribution in [0.4, 0.5) is 0 Å². The van der Waals surface area contributed by atoms with E-state index >= 15 is 0 Å². The number of hydrogen-bond acceptors (Lipinski definition) is 1. The van der Waals surface area contributed by atoms with Gasteiger partial charge in [-0.2, -0.15) is 0 Å². The van der Waals surface area contributed by atoms with Crippen molar-refractivity contribution in [1.82, 2.24) is 0 Å². The lowest BCUT2D eigenvalue weighted by Gasteiger charge is -2.55. The van der Waals surface area contributed by atoms with Crippen molar-refractivity contribution in [1.29, 1.82) is 0 Å². The van der Waals surface area contributed by atoms with E-state index in [0.717, 1.165) is 36.5 Å². The lowest BCUT2D eigenvalue weighted by molar-refractivity contribution is 0.0382. The largest absolute Gasteiger partial charge is 0.412 e. The van der Waals surface area contributed by atoms with Gasteiger partial charge in [0.15, 0.2) is 0 Å². The predicted octanol–water partition coefficient (Wildman–Crippen LogP) is 6.51. The highest BCUT2D eigenvalue weighted by Gasteiger charge is 2.56. The molecule has 0 radical (unpaired) electrons. The second kappa shape index (κ2) is 8.58. The predicted molar refractivity (Wildman–Crippen MR) is 127 cm³/mol. The van der Waals surface area contributed by atoms with E-state index < -0.39 is 0 Å². The summed E-state index contributed by atoms with van der Waals surface area (Å²) in [5.74, 6) is 4.38. The fourth-order valence-electron chi connectivity index (χ4n) is 7.59. The van der Waals surface area contributed by atoms with Crippen LogP contribution in [0.2, 0.25) is 0 Å².